The SMILES string of the molecule is Cc1csc(C(=O)N2CCN(Cc3c(C)noc3C)CC2)c1.Cl. The van der Waals surface area contributed by atoms with Gasteiger partial charge in [-0.15, -0.1) is 23.7 Å². The van der Waals surface area contributed by atoms with Gasteiger partial charge in [0, 0.05) is 38.3 Å². The van der Waals surface area contributed by atoms with Gasteiger partial charge >= 0.3 is 0 Å². The first-order valence-corrected chi connectivity index (χ1v) is 8.41. The summed E-state index contributed by atoms with van der Waals surface area (Å²) in [7, 11) is 0. The number of aromatic nitrogens is 1. The molecule has 0 aliphatic carbocycles. The molecule has 1 saturated heterocycles. The number of aryl methyl sites for hydroxylation is 3. The van der Waals surface area contributed by atoms with Gasteiger partial charge in [0.25, 0.3) is 5.91 Å². The summed E-state index contributed by atoms with van der Waals surface area (Å²) in [5, 5.41) is 6.03. The number of rotatable bonds is 3. The average Bonchev–Trinajstić information content (AvgIpc) is 3.08. The molecule has 0 N–H and O–H groups in total. The molecular weight excluding hydrogens is 334 g/mol. The van der Waals surface area contributed by atoms with Crippen molar-refractivity contribution in [1.29, 1.82) is 0 Å². The molecule has 126 valence electrons. The van der Waals surface area contributed by atoms with Crippen molar-refractivity contribution in [2.75, 3.05) is 26.2 Å². The zero-order valence-electron chi connectivity index (χ0n) is 13.7. The first-order valence-electron chi connectivity index (χ1n) is 7.53. The van der Waals surface area contributed by atoms with E-state index in [-0.39, 0.29) is 18.3 Å². The number of amides is 1. The van der Waals surface area contributed by atoms with Crippen LogP contribution in [0.25, 0.3) is 0 Å². The topological polar surface area (TPSA) is 49.6 Å². The average molecular weight is 356 g/mol. The minimum Gasteiger partial charge on any atom is -0.361 e. The monoisotopic (exact) mass is 355 g/mol. The smallest absolute Gasteiger partial charge is 0.264 e. The van der Waals surface area contributed by atoms with Crippen molar-refractivity contribution in [1.82, 2.24) is 15.0 Å². The molecule has 1 aliphatic rings. The minimum absolute atomic E-state index is 0. The molecule has 1 aliphatic heterocycles. The number of piperazine rings is 1. The highest BCUT2D eigenvalue weighted by Crippen LogP contribution is 2.19. The molecule has 2 aromatic heterocycles. The Labute approximate surface area is 146 Å². The summed E-state index contributed by atoms with van der Waals surface area (Å²) in [6, 6.07) is 1.98. The number of hydrogen-bond donors (Lipinski definition) is 0. The zero-order chi connectivity index (χ0) is 15.7. The molecule has 0 atom stereocenters. The van der Waals surface area contributed by atoms with Gasteiger partial charge in [-0.3, -0.25) is 9.69 Å². The van der Waals surface area contributed by atoms with Crippen molar-refractivity contribution in [3.63, 3.8) is 0 Å². The van der Waals surface area contributed by atoms with Crippen molar-refractivity contribution < 1.29 is 9.32 Å². The largest absolute Gasteiger partial charge is 0.361 e. The second kappa shape index (κ2) is 7.47. The summed E-state index contributed by atoms with van der Waals surface area (Å²) in [5.41, 5.74) is 3.30. The van der Waals surface area contributed by atoms with Gasteiger partial charge in [0.15, 0.2) is 0 Å². The van der Waals surface area contributed by atoms with Crippen molar-refractivity contribution in [3.8, 4) is 0 Å². The van der Waals surface area contributed by atoms with Crippen LogP contribution in [0.2, 0.25) is 0 Å². The van der Waals surface area contributed by atoms with E-state index < -0.39 is 0 Å². The summed E-state index contributed by atoms with van der Waals surface area (Å²) in [4.78, 5) is 17.6. The molecule has 0 unspecified atom stereocenters. The van der Waals surface area contributed by atoms with E-state index in [2.05, 4.69) is 10.1 Å². The molecule has 23 heavy (non-hydrogen) atoms. The van der Waals surface area contributed by atoms with Gasteiger partial charge in [-0.05, 0) is 37.8 Å². The maximum Gasteiger partial charge on any atom is 0.264 e. The molecule has 1 fully saturated rings. The summed E-state index contributed by atoms with van der Waals surface area (Å²) >= 11 is 1.53. The third-order valence-electron chi connectivity index (χ3n) is 4.16. The van der Waals surface area contributed by atoms with Crippen LogP contribution in [0.5, 0.6) is 0 Å². The van der Waals surface area contributed by atoms with Crippen LogP contribution in [0.4, 0.5) is 0 Å². The third kappa shape index (κ3) is 3.94. The number of thiophene rings is 1. The molecule has 0 bridgehead atoms. The van der Waals surface area contributed by atoms with E-state index in [0.717, 1.165) is 54.6 Å². The first-order chi connectivity index (χ1) is 10.5. The van der Waals surface area contributed by atoms with Gasteiger partial charge in [0.05, 0.1) is 10.6 Å². The zero-order valence-corrected chi connectivity index (χ0v) is 15.3. The van der Waals surface area contributed by atoms with Crippen LogP contribution < -0.4 is 0 Å². The summed E-state index contributed by atoms with van der Waals surface area (Å²) in [5.74, 6) is 1.06. The van der Waals surface area contributed by atoms with Gasteiger partial charge in [0.2, 0.25) is 0 Å². The molecule has 2 aromatic rings. The highest BCUT2D eigenvalue weighted by atomic mass is 35.5. The van der Waals surface area contributed by atoms with E-state index >= 15 is 0 Å². The van der Waals surface area contributed by atoms with E-state index in [1.807, 2.05) is 37.1 Å². The Hall–Kier alpha value is -1.37. The molecule has 0 aromatic carbocycles. The van der Waals surface area contributed by atoms with Crippen molar-refractivity contribution in [2.24, 2.45) is 0 Å². The molecule has 0 radical (unpaired) electrons. The summed E-state index contributed by atoms with van der Waals surface area (Å²) < 4.78 is 5.22. The molecular formula is C16H22ClN3O2S. The van der Waals surface area contributed by atoms with Crippen LogP contribution in [0.1, 0.15) is 32.3 Å². The number of carbonyl (C=O) groups excluding carboxylic acids is 1. The maximum absolute atomic E-state index is 12.4. The van der Waals surface area contributed by atoms with Crippen LogP contribution in [0.3, 0.4) is 0 Å². The van der Waals surface area contributed by atoms with Crippen LogP contribution in [0, 0.1) is 20.8 Å². The number of carbonyl (C=O) groups is 1. The highest BCUT2D eigenvalue weighted by molar-refractivity contribution is 7.12. The third-order valence-corrected chi connectivity index (χ3v) is 5.20. The molecule has 1 amide bonds. The second-order valence-electron chi connectivity index (χ2n) is 5.86. The lowest BCUT2D eigenvalue weighted by Gasteiger charge is -2.34. The van der Waals surface area contributed by atoms with E-state index in [0.29, 0.717) is 0 Å². The predicted molar refractivity (Wildman–Crippen MR) is 93.5 cm³/mol. The van der Waals surface area contributed by atoms with Crippen LogP contribution in [0.15, 0.2) is 16.0 Å². The fourth-order valence-electron chi connectivity index (χ4n) is 2.76. The van der Waals surface area contributed by atoms with E-state index in [1.54, 1.807) is 0 Å². The Bertz CT molecular complexity index is 655. The van der Waals surface area contributed by atoms with Crippen LogP contribution in [-0.2, 0) is 6.54 Å². The summed E-state index contributed by atoms with van der Waals surface area (Å²) in [6.45, 7) is 10.1. The quantitative estimate of drug-likeness (QED) is 0.849. The van der Waals surface area contributed by atoms with Crippen LogP contribution >= 0.6 is 23.7 Å². The Kier molecular flexibility index (Phi) is 5.84. The Morgan fingerprint density at radius 1 is 1.26 bits per heavy atom. The standard InChI is InChI=1S/C16H21N3O2S.ClH/c1-11-8-15(22-10-11)16(20)19-6-4-18(5-7-19)9-14-12(2)17-21-13(14)3;/h8,10H,4-7,9H2,1-3H3;1H. The van der Waals surface area contributed by atoms with Gasteiger partial charge in [-0.2, -0.15) is 0 Å². The number of halogens is 1. The van der Waals surface area contributed by atoms with E-state index in [9.17, 15) is 4.79 Å². The van der Waals surface area contributed by atoms with Gasteiger partial charge < -0.3 is 9.42 Å². The van der Waals surface area contributed by atoms with Crippen molar-refractivity contribution in [2.45, 2.75) is 27.3 Å². The first kappa shape index (κ1) is 18.0. The number of nitrogens with zero attached hydrogens (tertiary/aromatic N) is 3. The van der Waals surface area contributed by atoms with Crippen molar-refractivity contribution >= 4 is 29.7 Å². The minimum atomic E-state index is 0. The number of hydrogen-bond acceptors (Lipinski definition) is 5. The molecule has 0 spiro atoms. The van der Waals surface area contributed by atoms with Gasteiger partial charge in [-0.1, -0.05) is 5.16 Å². The van der Waals surface area contributed by atoms with Gasteiger partial charge in [0.1, 0.15) is 5.76 Å². The van der Waals surface area contributed by atoms with Crippen molar-refractivity contribution in [3.05, 3.63) is 38.9 Å². The van der Waals surface area contributed by atoms with Gasteiger partial charge in [-0.25, -0.2) is 0 Å². The summed E-state index contributed by atoms with van der Waals surface area (Å²) in [6.07, 6.45) is 0. The predicted octanol–water partition coefficient (Wildman–Crippen LogP) is 3.04. The fourth-order valence-corrected chi connectivity index (χ4v) is 3.62. The lowest BCUT2D eigenvalue weighted by atomic mass is 10.1. The fraction of sp³-hybridized carbons (Fsp3) is 0.500. The highest BCUT2D eigenvalue weighted by Gasteiger charge is 2.24. The van der Waals surface area contributed by atoms with E-state index in [1.165, 1.54) is 16.9 Å². The molecule has 7 heteroatoms. The Morgan fingerprint density at radius 2 is 1.96 bits per heavy atom. The molecule has 0 saturated carbocycles. The van der Waals surface area contributed by atoms with Crippen LogP contribution in [-0.4, -0.2) is 47.0 Å². The Morgan fingerprint density at radius 3 is 2.48 bits per heavy atom. The molecule has 3 heterocycles. The Balaban J connectivity index is 0.00000192. The lowest BCUT2D eigenvalue weighted by Crippen LogP contribution is -2.48. The molecule has 5 nitrogen and oxygen atoms in total. The normalized spacial score (nSPS) is 15.5. The molecule has 3 rings (SSSR count). The lowest BCUT2D eigenvalue weighted by molar-refractivity contribution is 0.0632. The van der Waals surface area contributed by atoms with E-state index in [4.69, 9.17) is 4.52 Å². The maximum atomic E-state index is 12.4. The second-order valence-corrected chi connectivity index (χ2v) is 6.77.